The summed E-state index contributed by atoms with van der Waals surface area (Å²) in [5.74, 6) is 1.55. The molecule has 90 valence electrons. The second kappa shape index (κ2) is 6.76. The molecular weight excluding hydrogens is 270 g/mol. The predicted molar refractivity (Wildman–Crippen MR) is 69.2 cm³/mol. The highest BCUT2D eigenvalue weighted by atomic mass is 79.9. The van der Waals surface area contributed by atoms with Crippen molar-refractivity contribution >= 4 is 15.9 Å². The van der Waals surface area contributed by atoms with Gasteiger partial charge in [0.05, 0.1) is 13.7 Å². The van der Waals surface area contributed by atoms with Gasteiger partial charge in [-0.05, 0) is 44.0 Å². The van der Waals surface area contributed by atoms with Crippen molar-refractivity contribution in [1.29, 1.82) is 0 Å². The Morgan fingerprint density at radius 2 is 2.06 bits per heavy atom. The fraction of sp³-hybridized carbons (Fsp3) is 0.500. The van der Waals surface area contributed by atoms with E-state index in [1.54, 1.807) is 7.11 Å². The summed E-state index contributed by atoms with van der Waals surface area (Å²) in [5, 5.41) is 0. The molecule has 0 bridgehead atoms. The van der Waals surface area contributed by atoms with Crippen molar-refractivity contribution in [3.8, 4) is 11.5 Å². The van der Waals surface area contributed by atoms with Crippen LogP contribution in [0.4, 0.5) is 0 Å². The lowest BCUT2D eigenvalue weighted by molar-refractivity contribution is 0.310. The Morgan fingerprint density at radius 3 is 2.62 bits per heavy atom. The molecule has 0 aliphatic carbocycles. The molecule has 1 aromatic rings. The van der Waals surface area contributed by atoms with Crippen molar-refractivity contribution in [2.24, 2.45) is 5.73 Å². The zero-order valence-corrected chi connectivity index (χ0v) is 11.3. The third-order valence-electron chi connectivity index (χ3n) is 2.28. The van der Waals surface area contributed by atoms with E-state index >= 15 is 0 Å². The van der Waals surface area contributed by atoms with Crippen molar-refractivity contribution in [3.05, 3.63) is 22.2 Å². The minimum Gasteiger partial charge on any atom is -0.493 e. The predicted octanol–water partition coefficient (Wildman–Crippen LogP) is 2.75. The second-order valence-corrected chi connectivity index (χ2v) is 4.27. The van der Waals surface area contributed by atoms with E-state index in [0.29, 0.717) is 13.2 Å². The van der Waals surface area contributed by atoms with Crippen LogP contribution in [0.2, 0.25) is 0 Å². The van der Waals surface area contributed by atoms with Gasteiger partial charge in [-0.1, -0.05) is 15.9 Å². The zero-order chi connectivity index (χ0) is 12.0. The van der Waals surface area contributed by atoms with Crippen LogP contribution in [0.5, 0.6) is 11.5 Å². The van der Waals surface area contributed by atoms with Crippen LogP contribution >= 0.6 is 15.9 Å². The molecule has 4 heteroatoms. The molecule has 0 aliphatic rings. The summed E-state index contributed by atoms with van der Waals surface area (Å²) in [7, 11) is 1.64. The number of halogens is 1. The van der Waals surface area contributed by atoms with Gasteiger partial charge in [-0.3, -0.25) is 0 Å². The molecule has 1 rings (SSSR count). The fourth-order valence-corrected chi connectivity index (χ4v) is 2.01. The summed E-state index contributed by atoms with van der Waals surface area (Å²) in [5.41, 5.74) is 6.71. The Balaban J connectivity index is 2.96. The lowest BCUT2D eigenvalue weighted by atomic mass is 10.1. The maximum absolute atomic E-state index is 5.53. The monoisotopic (exact) mass is 287 g/mol. The summed E-state index contributed by atoms with van der Waals surface area (Å²) in [6.07, 6.45) is 1.91. The van der Waals surface area contributed by atoms with E-state index in [0.717, 1.165) is 28.8 Å². The van der Waals surface area contributed by atoms with Crippen LogP contribution in [0, 0.1) is 0 Å². The van der Waals surface area contributed by atoms with E-state index in [9.17, 15) is 0 Å². The summed E-state index contributed by atoms with van der Waals surface area (Å²) in [6, 6.07) is 3.96. The highest BCUT2D eigenvalue weighted by Gasteiger charge is 2.09. The molecular formula is C12H18BrNO2. The van der Waals surface area contributed by atoms with Gasteiger partial charge in [0.1, 0.15) is 0 Å². The first-order chi connectivity index (χ1) is 7.72. The fourth-order valence-electron chi connectivity index (χ4n) is 1.49. The van der Waals surface area contributed by atoms with Crippen molar-refractivity contribution in [2.45, 2.75) is 19.8 Å². The Labute approximate surface area is 105 Å². The maximum atomic E-state index is 5.53. The van der Waals surface area contributed by atoms with Crippen LogP contribution in [-0.4, -0.2) is 20.3 Å². The second-order valence-electron chi connectivity index (χ2n) is 3.42. The first-order valence-electron chi connectivity index (χ1n) is 5.42. The third-order valence-corrected chi connectivity index (χ3v) is 3.02. The smallest absolute Gasteiger partial charge is 0.161 e. The van der Waals surface area contributed by atoms with E-state index in [-0.39, 0.29) is 0 Å². The molecule has 0 atom stereocenters. The summed E-state index contributed by atoms with van der Waals surface area (Å²) >= 11 is 3.53. The van der Waals surface area contributed by atoms with Gasteiger partial charge in [0.2, 0.25) is 0 Å². The Bertz CT molecular complexity index is 342. The lowest BCUT2D eigenvalue weighted by Crippen LogP contribution is -2.02. The van der Waals surface area contributed by atoms with E-state index in [1.807, 2.05) is 19.1 Å². The minimum absolute atomic E-state index is 0.633. The minimum atomic E-state index is 0.633. The molecule has 16 heavy (non-hydrogen) atoms. The summed E-state index contributed by atoms with van der Waals surface area (Å²) in [6.45, 7) is 3.29. The van der Waals surface area contributed by atoms with Crippen LogP contribution in [0.25, 0.3) is 0 Å². The number of rotatable bonds is 6. The maximum Gasteiger partial charge on any atom is 0.161 e. The van der Waals surface area contributed by atoms with Crippen LogP contribution in [0.1, 0.15) is 18.9 Å². The molecule has 0 unspecified atom stereocenters. The number of methoxy groups -OCH3 is 1. The molecule has 0 saturated heterocycles. The van der Waals surface area contributed by atoms with Crippen molar-refractivity contribution in [2.75, 3.05) is 20.3 Å². The van der Waals surface area contributed by atoms with Crippen LogP contribution in [0.3, 0.4) is 0 Å². The Hall–Kier alpha value is -0.740. The van der Waals surface area contributed by atoms with Crippen molar-refractivity contribution < 1.29 is 9.47 Å². The number of hydrogen-bond acceptors (Lipinski definition) is 3. The lowest BCUT2D eigenvalue weighted by Gasteiger charge is -2.12. The molecule has 0 amide bonds. The van der Waals surface area contributed by atoms with Crippen LogP contribution in [-0.2, 0) is 6.42 Å². The zero-order valence-electron chi connectivity index (χ0n) is 9.75. The van der Waals surface area contributed by atoms with Gasteiger partial charge in [-0.25, -0.2) is 0 Å². The Kier molecular flexibility index (Phi) is 5.63. The number of nitrogens with two attached hydrogens (primary N) is 1. The Morgan fingerprint density at radius 1 is 1.31 bits per heavy atom. The number of hydrogen-bond donors (Lipinski definition) is 1. The molecule has 0 aliphatic heterocycles. The molecule has 0 aromatic heterocycles. The first kappa shape index (κ1) is 13.3. The molecule has 0 fully saturated rings. The van der Waals surface area contributed by atoms with E-state index in [4.69, 9.17) is 15.2 Å². The molecule has 0 saturated carbocycles. The van der Waals surface area contributed by atoms with E-state index in [1.165, 1.54) is 5.56 Å². The normalized spacial score (nSPS) is 10.2. The van der Waals surface area contributed by atoms with Crippen LogP contribution in [0.15, 0.2) is 16.6 Å². The van der Waals surface area contributed by atoms with Gasteiger partial charge in [0.25, 0.3) is 0 Å². The van der Waals surface area contributed by atoms with Gasteiger partial charge in [-0.2, -0.15) is 0 Å². The number of ether oxygens (including phenoxy) is 2. The van der Waals surface area contributed by atoms with Crippen LogP contribution < -0.4 is 15.2 Å². The average molecular weight is 288 g/mol. The average Bonchev–Trinajstić information content (AvgIpc) is 2.29. The van der Waals surface area contributed by atoms with Crippen molar-refractivity contribution in [3.63, 3.8) is 0 Å². The van der Waals surface area contributed by atoms with Gasteiger partial charge < -0.3 is 15.2 Å². The highest BCUT2D eigenvalue weighted by Crippen LogP contribution is 2.34. The largest absolute Gasteiger partial charge is 0.493 e. The van der Waals surface area contributed by atoms with E-state index in [2.05, 4.69) is 15.9 Å². The molecule has 1 aromatic carbocycles. The topological polar surface area (TPSA) is 44.5 Å². The molecule has 0 radical (unpaired) electrons. The van der Waals surface area contributed by atoms with Gasteiger partial charge in [0.15, 0.2) is 11.5 Å². The van der Waals surface area contributed by atoms with Gasteiger partial charge in [0, 0.05) is 4.47 Å². The molecule has 3 nitrogen and oxygen atoms in total. The first-order valence-corrected chi connectivity index (χ1v) is 6.21. The van der Waals surface area contributed by atoms with Crippen molar-refractivity contribution in [1.82, 2.24) is 0 Å². The molecule has 2 N–H and O–H groups in total. The molecule has 0 heterocycles. The third kappa shape index (κ3) is 3.39. The standard InChI is InChI=1S/C12H18BrNO2/c1-3-16-12-7-9(5-4-6-14)10(13)8-11(12)15-2/h7-8H,3-6,14H2,1-2H3. The number of aryl methyl sites for hydroxylation is 1. The summed E-state index contributed by atoms with van der Waals surface area (Å²) in [4.78, 5) is 0. The number of benzene rings is 1. The van der Waals surface area contributed by atoms with Gasteiger partial charge >= 0.3 is 0 Å². The molecule has 0 spiro atoms. The summed E-state index contributed by atoms with van der Waals surface area (Å²) < 4.78 is 11.8. The van der Waals surface area contributed by atoms with E-state index < -0.39 is 0 Å². The SMILES string of the molecule is CCOc1cc(CCCN)c(Br)cc1OC. The quantitative estimate of drug-likeness (QED) is 0.875. The van der Waals surface area contributed by atoms with Gasteiger partial charge in [-0.15, -0.1) is 0 Å². The highest BCUT2D eigenvalue weighted by molar-refractivity contribution is 9.10.